The van der Waals surface area contributed by atoms with Crippen LogP contribution >= 0.6 is 11.6 Å². The largest absolute Gasteiger partial charge is 0.496 e. The summed E-state index contributed by atoms with van der Waals surface area (Å²) < 4.78 is 11.4. The highest BCUT2D eigenvalue weighted by atomic mass is 35.5. The van der Waals surface area contributed by atoms with Crippen molar-refractivity contribution in [1.82, 2.24) is 10.2 Å². The van der Waals surface area contributed by atoms with E-state index in [2.05, 4.69) is 5.32 Å². The van der Waals surface area contributed by atoms with Gasteiger partial charge in [-0.2, -0.15) is 0 Å². The molecule has 1 aromatic carbocycles. The number of morpholine rings is 1. The predicted molar refractivity (Wildman–Crippen MR) is 97.9 cm³/mol. The second kappa shape index (κ2) is 8.14. The van der Waals surface area contributed by atoms with Crippen LogP contribution in [-0.2, 0) is 9.53 Å². The molecule has 2 N–H and O–H groups in total. The Morgan fingerprint density at radius 2 is 2.12 bits per heavy atom. The summed E-state index contributed by atoms with van der Waals surface area (Å²) in [5.74, 6) is 0.465. The van der Waals surface area contributed by atoms with Crippen molar-refractivity contribution in [1.29, 1.82) is 0 Å². The van der Waals surface area contributed by atoms with Crippen molar-refractivity contribution in [3.05, 3.63) is 27.8 Å². The normalized spacial score (nSPS) is 18.8. The second-order valence-electron chi connectivity index (χ2n) is 6.63. The summed E-state index contributed by atoms with van der Waals surface area (Å²) in [5, 5.41) is 11.9. The molecule has 26 heavy (non-hydrogen) atoms. The number of benzene rings is 1. The number of hydrogen-bond acceptors (Lipinski definition) is 4. The number of carbonyl (C=O) groups is 2. The summed E-state index contributed by atoms with van der Waals surface area (Å²) in [6.07, 6.45) is -1.54. The van der Waals surface area contributed by atoms with Gasteiger partial charge in [-0.15, -0.1) is 0 Å². The van der Waals surface area contributed by atoms with E-state index in [1.165, 1.54) is 7.11 Å². The first-order chi connectivity index (χ1) is 12.2. The number of carbonyl (C=O) groups excluding carboxylic acids is 1. The molecule has 0 bridgehead atoms. The van der Waals surface area contributed by atoms with Crippen LogP contribution in [0.25, 0.3) is 0 Å². The Balaban J connectivity index is 2.51. The van der Waals surface area contributed by atoms with Gasteiger partial charge in [-0.1, -0.05) is 11.6 Å². The van der Waals surface area contributed by atoms with E-state index in [0.29, 0.717) is 22.9 Å². The van der Waals surface area contributed by atoms with Crippen LogP contribution in [0.2, 0.25) is 5.02 Å². The molecule has 7 nitrogen and oxygen atoms in total. The molecule has 8 heteroatoms. The molecule has 2 amide bonds. The maximum atomic E-state index is 12.1. The summed E-state index contributed by atoms with van der Waals surface area (Å²) in [4.78, 5) is 24.9. The molecule has 144 valence electrons. The van der Waals surface area contributed by atoms with Crippen LogP contribution in [0, 0.1) is 6.92 Å². The Hall–Kier alpha value is -1.99. The van der Waals surface area contributed by atoms with E-state index in [1.807, 2.05) is 20.8 Å². The number of rotatable bonds is 5. The molecule has 0 spiro atoms. The summed E-state index contributed by atoms with van der Waals surface area (Å²) >= 11 is 6.41. The smallest absolute Gasteiger partial charge is 0.405 e. The third-order valence-corrected chi connectivity index (χ3v) is 4.99. The molecule has 2 atom stereocenters. The number of nitrogens with zero attached hydrogens (tertiary/aromatic N) is 1. The van der Waals surface area contributed by atoms with Crippen LogP contribution in [0.1, 0.15) is 49.6 Å². The van der Waals surface area contributed by atoms with E-state index in [4.69, 9.17) is 26.2 Å². The Labute approximate surface area is 158 Å². The molecule has 0 aromatic heterocycles. The molecule has 1 saturated heterocycles. The minimum absolute atomic E-state index is 0.0176. The second-order valence-corrected chi connectivity index (χ2v) is 7.04. The molecule has 1 heterocycles. The van der Waals surface area contributed by atoms with Crippen LogP contribution in [0.5, 0.6) is 5.75 Å². The maximum Gasteiger partial charge on any atom is 0.405 e. The lowest BCUT2D eigenvalue weighted by Crippen LogP contribution is -2.46. The lowest BCUT2D eigenvalue weighted by atomic mass is 9.94. The summed E-state index contributed by atoms with van der Waals surface area (Å²) in [6, 6.07) is 1.23. The number of ether oxygens (including phenoxy) is 2. The first kappa shape index (κ1) is 20.3. The van der Waals surface area contributed by atoms with Gasteiger partial charge in [-0.25, -0.2) is 4.79 Å². The molecule has 0 saturated carbocycles. The summed E-state index contributed by atoms with van der Waals surface area (Å²) in [5.41, 5.74) is 2.15. The standard InChI is InChI=1S/C18H25ClN2O5/c1-9(2)21-7-14(26-8-15(21)22)16-10(3)13(19)6-12(17(16)25-5)11(4)20-18(23)24/h6,9,11,14,20H,7-8H2,1-5H3,(H,23,24). The van der Waals surface area contributed by atoms with Crippen LogP contribution in [0.15, 0.2) is 6.07 Å². The van der Waals surface area contributed by atoms with Crippen molar-refractivity contribution < 1.29 is 24.2 Å². The van der Waals surface area contributed by atoms with Gasteiger partial charge in [0.05, 0.1) is 19.7 Å². The molecule has 1 aliphatic rings. The Kier molecular flexibility index (Phi) is 6.36. The minimum Gasteiger partial charge on any atom is -0.496 e. The predicted octanol–water partition coefficient (Wildman–Crippen LogP) is 3.29. The number of carboxylic acid groups (broad SMARTS) is 1. The van der Waals surface area contributed by atoms with Crippen LogP contribution in [-0.4, -0.2) is 48.3 Å². The van der Waals surface area contributed by atoms with Gasteiger partial charge in [0.25, 0.3) is 0 Å². The third kappa shape index (κ3) is 4.04. The molecule has 0 aliphatic carbocycles. The fourth-order valence-corrected chi connectivity index (χ4v) is 3.45. The maximum absolute atomic E-state index is 12.1. The topological polar surface area (TPSA) is 88.1 Å². The van der Waals surface area contributed by atoms with Crippen molar-refractivity contribution in [2.24, 2.45) is 0 Å². The van der Waals surface area contributed by atoms with Gasteiger partial charge in [0.2, 0.25) is 5.91 Å². The van der Waals surface area contributed by atoms with Gasteiger partial charge in [0, 0.05) is 22.2 Å². The SMILES string of the molecule is COc1c(C(C)NC(=O)O)cc(Cl)c(C)c1C1CN(C(C)C)C(=O)CO1. The molecule has 1 aliphatic heterocycles. The molecule has 2 rings (SSSR count). The number of amides is 2. The average Bonchev–Trinajstić information content (AvgIpc) is 2.56. The van der Waals surface area contributed by atoms with Gasteiger partial charge in [0.1, 0.15) is 18.5 Å². The fourth-order valence-electron chi connectivity index (χ4n) is 3.23. The van der Waals surface area contributed by atoms with Gasteiger partial charge >= 0.3 is 6.09 Å². The number of nitrogens with one attached hydrogen (secondary N) is 1. The zero-order valence-electron chi connectivity index (χ0n) is 15.6. The van der Waals surface area contributed by atoms with Gasteiger partial charge in [0.15, 0.2) is 0 Å². The van der Waals surface area contributed by atoms with E-state index in [-0.39, 0.29) is 18.6 Å². The molecule has 2 unspecified atom stereocenters. The van der Waals surface area contributed by atoms with Gasteiger partial charge in [-0.3, -0.25) is 4.79 Å². The van der Waals surface area contributed by atoms with Crippen LogP contribution in [0.4, 0.5) is 4.79 Å². The van der Waals surface area contributed by atoms with E-state index < -0.39 is 18.2 Å². The quantitative estimate of drug-likeness (QED) is 0.813. The first-order valence-electron chi connectivity index (χ1n) is 8.44. The highest BCUT2D eigenvalue weighted by Gasteiger charge is 2.33. The molecule has 1 aromatic rings. The Bertz CT molecular complexity index is 707. The third-order valence-electron chi connectivity index (χ3n) is 4.60. The average molecular weight is 385 g/mol. The van der Waals surface area contributed by atoms with Crippen molar-refractivity contribution >= 4 is 23.6 Å². The monoisotopic (exact) mass is 384 g/mol. The first-order valence-corrected chi connectivity index (χ1v) is 8.82. The van der Waals surface area contributed by atoms with Crippen molar-refractivity contribution in [3.63, 3.8) is 0 Å². The highest BCUT2D eigenvalue weighted by molar-refractivity contribution is 6.31. The molecular weight excluding hydrogens is 360 g/mol. The van der Waals surface area contributed by atoms with E-state index in [9.17, 15) is 9.59 Å². The Morgan fingerprint density at radius 3 is 2.65 bits per heavy atom. The lowest BCUT2D eigenvalue weighted by molar-refractivity contribution is -0.151. The van der Waals surface area contributed by atoms with Crippen molar-refractivity contribution in [2.45, 2.75) is 45.9 Å². The van der Waals surface area contributed by atoms with Crippen molar-refractivity contribution in [2.75, 3.05) is 20.3 Å². The van der Waals surface area contributed by atoms with Crippen LogP contribution < -0.4 is 10.1 Å². The van der Waals surface area contributed by atoms with Gasteiger partial charge < -0.3 is 24.8 Å². The minimum atomic E-state index is -1.14. The molecule has 0 radical (unpaired) electrons. The highest BCUT2D eigenvalue weighted by Crippen LogP contribution is 2.41. The van der Waals surface area contributed by atoms with Gasteiger partial charge in [-0.05, 0) is 39.3 Å². The van der Waals surface area contributed by atoms with Crippen molar-refractivity contribution in [3.8, 4) is 5.75 Å². The zero-order valence-corrected chi connectivity index (χ0v) is 16.4. The number of hydrogen-bond donors (Lipinski definition) is 2. The van der Waals surface area contributed by atoms with E-state index in [0.717, 1.165) is 11.1 Å². The van der Waals surface area contributed by atoms with E-state index >= 15 is 0 Å². The van der Waals surface area contributed by atoms with Crippen LogP contribution in [0.3, 0.4) is 0 Å². The summed E-state index contributed by atoms with van der Waals surface area (Å²) in [6.45, 7) is 7.84. The molecule has 1 fully saturated rings. The number of halogens is 1. The summed E-state index contributed by atoms with van der Waals surface area (Å²) in [7, 11) is 1.53. The fraction of sp³-hybridized carbons (Fsp3) is 0.556. The Morgan fingerprint density at radius 1 is 1.46 bits per heavy atom. The lowest BCUT2D eigenvalue weighted by Gasteiger charge is -2.37. The number of methoxy groups -OCH3 is 1. The zero-order chi connectivity index (χ0) is 19.6. The molecular formula is C18H25ClN2O5. The van der Waals surface area contributed by atoms with E-state index in [1.54, 1.807) is 17.9 Å².